The van der Waals surface area contributed by atoms with E-state index in [4.69, 9.17) is 4.42 Å². The van der Waals surface area contributed by atoms with Gasteiger partial charge in [0.2, 0.25) is 0 Å². The lowest BCUT2D eigenvalue weighted by Crippen LogP contribution is -2.43. The molecule has 1 N–H and O–H groups in total. The zero-order chi connectivity index (χ0) is 15.5. The van der Waals surface area contributed by atoms with Gasteiger partial charge in [-0.3, -0.25) is 0 Å². The molecule has 22 heavy (non-hydrogen) atoms. The minimum absolute atomic E-state index is 0.280. The van der Waals surface area contributed by atoms with Crippen molar-refractivity contribution in [1.82, 2.24) is 5.32 Å². The molecule has 5 nitrogen and oxygen atoms in total. The number of rotatable bonds is 4. The molecule has 118 valence electrons. The minimum Gasteiger partial charge on any atom is -0.423 e. The second-order valence-corrected chi connectivity index (χ2v) is 5.54. The fourth-order valence-electron chi connectivity index (χ4n) is 3.09. The van der Waals surface area contributed by atoms with Crippen LogP contribution in [0.25, 0.3) is 11.0 Å². The zero-order valence-corrected chi connectivity index (χ0v) is 13.3. The van der Waals surface area contributed by atoms with Crippen LogP contribution in [0.2, 0.25) is 0 Å². The summed E-state index contributed by atoms with van der Waals surface area (Å²) >= 11 is 0. The van der Waals surface area contributed by atoms with Crippen LogP contribution in [0.1, 0.15) is 13.8 Å². The van der Waals surface area contributed by atoms with Crippen molar-refractivity contribution >= 4 is 22.3 Å². The lowest BCUT2D eigenvalue weighted by atomic mass is 10.1. The fourth-order valence-corrected chi connectivity index (χ4v) is 3.09. The standard InChI is InChI=1S/C17H23N3O2/c1-3-19(4-2)13-5-6-14-15(20-9-7-18-8-10-20)12-17(21)22-16(14)11-13/h5-6,11-12,18H,3-4,7-10H2,1-2H3. The van der Waals surface area contributed by atoms with Crippen LogP contribution >= 0.6 is 0 Å². The Morgan fingerprint density at radius 2 is 1.91 bits per heavy atom. The molecule has 0 bridgehead atoms. The molecule has 1 fully saturated rings. The highest BCUT2D eigenvalue weighted by Gasteiger charge is 2.16. The average Bonchev–Trinajstić information content (AvgIpc) is 2.55. The molecule has 0 unspecified atom stereocenters. The van der Waals surface area contributed by atoms with Gasteiger partial charge in [-0.05, 0) is 26.0 Å². The number of benzene rings is 1. The van der Waals surface area contributed by atoms with E-state index in [9.17, 15) is 4.79 Å². The summed E-state index contributed by atoms with van der Waals surface area (Å²) in [5, 5.41) is 4.35. The van der Waals surface area contributed by atoms with Gasteiger partial charge in [-0.2, -0.15) is 0 Å². The number of anilines is 2. The molecule has 1 aromatic heterocycles. The molecule has 0 aliphatic carbocycles. The van der Waals surface area contributed by atoms with Gasteiger partial charge < -0.3 is 19.5 Å². The van der Waals surface area contributed by atoms with Gasteiger partial charge in [0.25, 0.3) is 0 Å². The molecule has 0 spiro atoms. The van der Waals surface area contributed by atoms with Gasteiger partial charge in [0.05, 0.1) is 5.69 Å². The van der Waals surface area contributed by atoms with Crippen molar-refractivity contribution < 1.29 is 4.42 Å². The van der Waals surface area contributed by atoms with Crippen LogP contribution in [0, 0.1) is 0 Å². The van der Waals surface area contributed by atoms with Crippen LogP contribution in [0.3, 0.4) is 0 Å². The predicted molar refractivity (Wildman–Crippen MR) is 91.1 cm³/mol. The van der Waals surface area contributed by atoms with E-state index < -0.39 is 0 Å². The Bertz CT molecular complexity index is 701. The second kappa shape index (κ2) is 6.40. The molecule has 1 aromatic carbocycles. The summed E-state index contributed by atoms with van der Waals surface area (Å²) in [6.45, 7) is 9.83. The summed E-state index contributed by atoms with van der Waals surface area (Å²) in [6.07, 6.45) is 0. The largest absolute Gasteiger partial charge is 0.423 e. The van der Waals surface area contributed by atoms with E-state index in [0.717, 1.165) is 56.0 Å². The van der Waals surface area contributed by atoms with Crippen LogP contribution in [-0.4, -0.2) is 39.3 Å². The van der Waals surface area contributed by atoms with Gasteiger partial charge in [-0.15, -0.1) is 0 Å². The molecule has 1 aliphatic heterocycles. The molecule has 0 amide bonds. The van der Waals surface area contributed by atoms with Crippen LogP contribution in [0.5, 0.6) is 0 Å². The van der Waals surface area contributed by atoms with Gasteiger partial charge in [0.15, 0.2) is 0 Å². The number of piperazine rings is 1. The molecule has 3 rings (SSSR count). The molecule has 2 aromatic rings. The summed E-state index contributed by atoms with van der Waals surface area (Å²) in [4.78, 5) is 16.4. The summed E-state index contributed by atoms with van der Waals surface area (Å²) in [5.41, 5.74) is 2.47. The predicted octanol–water partition coefficient (Wildman–Crippen LogP) is 2.05. The van der Waals surface area contributed by atoms with E-state index in [1.165, 1.54) is 0 Å². The highest BCUT2D eigenvalue weighted by Crippen LogP contribution is 2.29. The van der Waals surface area contributed by atoms with Gasteiger partial charge >= 0.3 is 5.63 Å². The molecule has 0 saturated carbocycles. The van der Waals surface area contributed by atoms with Crippen molar-refractivity contribution in [2.45, 2.75) is 13.8 Å². The van der Waals surface area contributed by atoms with Gasteiger partial charge in [-0.25, -0.2) is 4.79 Å². The number of nitrogens with one attached hydrogen (secondary N) is 1. The Morgan fingerprint density at radius 1 is 1.18 bits per heavy atom. The quantitative estimate of drug-likeness (QED) is 0.876. The van der Waals surface area contributed by atoms with Crippen molar-refractivity contribution in [2.24, 2.45) is 0 Å². The van der Waals surface area contributed by atoms with E-state index in [2.05, 4.69) is 41.1 Å². The Kier molecular flexibility index (Phi) is 4.34. The van der Waals surface area contributed by atoms with Crippen molar-refractivity contribution in [2.75, 3.05) is 49.1 Å². The van der Waals surface area contributed by atoms with E-state index in [1.54, 1.807) is 6.07 Å². The molecule has 2 heterocycles. The van der Waals surface area contributed by atoms with E-state index in [1.807, 2.05) is 6.07 Å². The van der Waals surface area contributed by atoms with Gasteiger partial charge in [-0.1, -0.05) is 0 Å². The molecule has 0 radical (unpaired) electrons. The van der Waals surface area contributed by atoms with Crippen molar-refractivity contribution in [3.63, 3.8) is 0 Å². The Morgan fingerprint density at radius 3 is 2.59 bits per heavy atom. The number of nitrogens with zero attached hydrogens (tertiary/aromatic N) is 2. The molecule has 1 aliphatic rings. The average molecular weight is 301 g/mol. The smallest absolute Gasteiger partial charge is 0.338 e. The number of hydrogen-bond donors (Lipinski definition) is 1. The summed E-state index contributed by atoms with van der Waals surface area (Å²) in [6, 6.07) is 7.78. The maximum atomic E-state index is 11.9. The van der Waals surface area contributed by atoms with Crippen LogP contribution in [0.4, 0.5) is 11.4 Å². The molecular formula is C17H23N3O2. The lowest BCUT2D eigenvalue weighted by molar-refractivity contribution is 0.555. The Hall–Kier alpha value is -2.01. The minimum atomic E-state index is -0.280. The maximum Gasteiger partial charge on any atom is 0.338 e. The van der Waals surface area contributed by atoms with Gasteiger partial charge in [0, 0.05) is 62.5 Å². The third kappa shape index (κ3) is 2.81. The summed E-state index contributed by atoms with van der Waals surface area (Å²) in [7, 11) is 0. The van der Waals surface area contributed by atoms with Crippen molar-refractivity contribution in [3.8, 4) is 0 Å². The Balaban J connectivity index is 2.08. The first-order chi connectivity index (χ1) is 10.7. The first kappa shape index (κ1) is 14.9. The third-order valence-corrected chi connectivity index (χ3v) is 4.29. The van der Waals surface area contributed by atoms with Crippen molar-refractivity contribution in [1.29, 1.82) is 0 Å². The van der Waals surface area contributed by atoms with Gasteiger partial charge in [0.1, 0.15) is 5.58 Å². The number of hydrogen-bond acceptors (Lipinski definition) is 5. The monoisotopic (exact) mass is 301 g/mol. The molecule has 1 saturated heterocycles. The first-order valence-electron chi connectivity index (χ1n) is 8.01. The molecule has 5 heteroatoms. The fraction of sp³-hybridized carbons (Fsp3) is 0.471. The maximum absolute atomic E-state index is 11.9. The van der Waals surface area contributed by atoms with E-state index in [-0.39, 0.29) is 5.63 Å². The topological polar surface area (TPSA) is 48.7 Å². The lowest BCUT2D eigenvalue weighted by Gasteiger charge is -2.30. The third-order valence-electron chi connectivity index (χ3n) is 4.29. The van der Waals surface area contributed by atoms with Crippen LogP contribution in [0.15, 0.2) is 33.5 Å². The number of fused-ring (bicyclic) bond motifs is 1. The summed E-state index contributed by atoms with van der Waals surface area (Å²) < 4.78 is 5.45. The van der Waals surface area contributed by atoms with Crippen molar-refractivity contribution in [3.05, 3.63) is 34.7 Å². The first-order valence-corrected chi connectivity index (χ1v) is 8.01. The normalized spacial score (nSPS) is 15.3. The molecule has 0 atom stereocenters. The zero-order valence-electron chi connectivity index (χ0n) is 13.3. The highest BCUT2D eigenvalue weighted by molar-refractivity contribution is 5.92. The SMILES string of the molecule is CCN(CC)c1ccc2c(N3CCNCC3)cc(=O)oc2c1. The van der Waals surface area contributed by atoms with E-state index in [0.29, 0.717) is 5.58 Å². The summed E-state index contributed by atoms with van der Waals surface area (Å²) in [5.74, 6) is 0. The van der Waals surface area contributed by atoms with Crippen LogP contribution < -0.4 is 20.7 Å². The molecular weight excluding hydrogens is 278 g/mol. The highest BCUT2D eigenvalue weighted by atomic mass is 16.4. The van der Waals surface area contributed by atoms with E-state index >= 15 is 0 Å². The van der Waals surface area contributed by atoms with Crippen LogP contribution in [-0.2, 0) is 0 Å². The Labute approximate surface area is 130 Å². The second-order valence-electron chi connectivity index (χ2n) is 5.54.